The van der Waals surface area contributed by atoms with Crippen molar-refractivity contribution in [1.82, 2.24) is 14.8 Å². The summed E-state index contributed by atoms with van der Waals surface area (Å²) in [7, 11) is -3.66. The minimum atomic E-state index is -3.66. The summed E-state index contributed by atoms with van der Waals surface area (Å²) in [4.78, 5) is 0. The number of benzene rings is 2. The topological polar surface area (TPSA) is 90.9 Å². The lowest BCUT2D eigenvalue weighted by molar-refractivity contribution is 0.455. The van der Waals surface area contributed by atoms with Gasteiger partial charge in [0.05, 0.1) is 11.8 Å². The lowest BCUT2D eigenvalue weighted by Gasteiger charge is -2.17. The van der Waals surface area contributed by atoms with Gasteiger partial charge in [-0.05, 0) is 30.4 Å². The lowest BCUT2D eigenvalue weighted by atomic mass is 10.1. The van der Waals surface area contributed by atoms with Gasteiger partial charge in [0.15, 0.2) is 5.82 Å². The van der Waals surface area contributed by atoms with Gasteiger partial charge in [-0.1, -0.05) is 74.0 Å². The van der Waals surface area contributed by atoms with E-state index < -0.39 is 15.9 Å². The van der Waals surface area contributed by atoms with Crippen molar-refractivity contribution in [2.24, 2.45) is 11.7 Å². The van der Waals surface area contributed by atoms with Gasteiger partial charge < -0.3 is 10.3 Å². The smallest absolute Gasteiger partial charge is 0.250 e. The summed E-state index contributed by atoms with van der Waals surface area (Å²) < 4.78 is 28.0. The second-order valence-electron chi connectivity index (χ2n) is 7.89. The van der Waals surface area contributed by atoms with Crippen LogP contribution < -0.4 is 5.73 Å². The molecule has 0 bridgehead atoms. The highest BCUT2D eigenvalue weighted by Crippen LogP contribution is 2.22. The van der Waals surface area contributed by atoms with E-state index in [0.29, 0.717) is 18.8 Å². The van der Waals surface area contributed by atoms with Crippen LogP contribution >= 0.6 is 0 Å². The van der Waals surface area contributed by atoms with Crippen molar-refractivity contribution >= 4 is 9.84 Å². The maximum absolute atomic E-state index is 13.1. The Balaban J connectivity index is 1.94. The van der Waals surface area contributed by atoms with Crippen LogP contribution in [0.3, 0.4) is 0 Å². The summed E-state index contributed by atoms with van der Waals surface area (Å²) in [6, 6.07) is 16.9. The van der Waals surface area contributed by atoms with Crippen LogP contribution in [0, 0.1) is 12.8 Å². The van der Waals surface area contributed by atoms with Gasteiger partial charge in [0.1, 0.15) is 0 Å². The lowest BCUT2D eigenvalue weighted by Crippen LogP contribution is -2.23. The van der Waals surface area contributed by atoms with E-state index in [9.17, 15) is 8.42 Å². The Labute approximate surface area is 172 Å². The molecule has 0 aliphatic rings. The molecule has 29 heavy (non-hydrogen) atoms. The van der Waals surface area contributed by atoms with E-state index in [1.165, 1.54) is 0 Å². The zero-order valence-corrected chi connectivity index (χ0v) is 17.9. The van der Waals surface area contributed by atoms with Gasteiger partial charge in [0.25, 0.3) is 0 Å². The van der Waals surface area contributed by atoms with Crippen LogP contribution in [0.5, 0.6) is 0 Å². The normalized spacial score (nSPS) is 13.0. The van der Waals surface area contributed by atoms with E-state index in [4.69, 9.17) is 5.73 Å². The Morgan fingerprint density at radius 2 is 1.69 bits per heavy atom. The van der Waals surface area contributed by atoms with E-state index in [1.54, 1.807) is 4.57 Å². The molecule has 154 valence electrons. The molecule has 0 aliphatic carbocycles. The van der Waals surface area contributed by atoms with Gasteiger partial charge >= 0.3 is 0 Å². The van der Waals surface area contributed by atoms with E-state index in [2.05, 4.69) is 10.2 Å². The van der Waals surface area contributed by atoms with Crippen molar-refractivity contribution in [3.8, 4) is 0 Å². The first-order valence-corrected chi connectivity index (χ1v) is 11.4. The Hall–Kier alpha value is -2.51. The highest BCUT2D eigenvalue weighted by Gasteiger charge is 2.28. The third-order valence-corrected chi connectivity index (χ3v) is 6.21. The molecular formula is C22H28N4O2S. The number of nitrogens with zero attached hydrogens (tertiary/aromatic N) is 3. The van der Waals surface area contributed by atoms with Gasteiger partial charge in [-0.25, -0.2) is 8.42 Å². The zero-order chi connectivity index (χ0) is 21.0. The Bertz CT molecular complexity index is 1060. The Morgan fingerprint density at radius 1 is 1.00 bits per heavy atom. The van der Waals surface area contributed by atoms with Crippen molar-refractivity contribution in [3.63, 3.8) is 0 Å². The van der Waals surface area contributed by atoms with Gasteiger partial charge in [-0.2, -0.15) is 0 Å². The fourth-order valence-corrected chi connectivity index (χ4v) is 4.80. The second-order valence-corrected chi connectivity index (χ2v) is 9.77. The quantitative estimate of drug-likeness (QED) is 0.612. The van der Waals surface area contributed by atoms with Crippen molar-refractivity contribution in [2.45, 2.75) is 50.7 Å². The van der Waals surface area contributed by atoms with Crippen LogP contribution in [-0.4, -0.2) is 23.2 Å². The standard InChI is InChI=1S/C22H28N4O2S/c1-16(2)14-26-21(20(23)13-18-9-5-4-6-10-18)24-25-22(26)29(27,28)15-19-11-7-8-17(3)12-19/h4-12,16,20H,13-15,23H2,1-3H3/t20-/m0/s1. The summed E-state index contributed by atoms with van der Waals surface area (Å²) >= 11 is 0. The summed E-state index contributed by atoms with van der Waals surface area (Å²) in [5.74, 6) is 0.616. The minimum absolute atomic E-state index is 0.00813. The van der Waals surface area contributed by atoms with E-state index in [0.717, 1.165) is 16.7 Å². The number of aromatic nitrogens is 3. The number of aryl methyl sites for hydroxylation is 1. The van der Waals surface area contributed by atoms with Crippen LogP contribution in [0.4, 0.5) is 0 Å². The van der Waals surface area contributed by atoms with E-state index >= 15 is 0 Å². The molecule has 0 amide bonds. The van der Waals surface area contributed by atoms with Crippen LogP contribution in [0.2, 0.25) is 0 Å². The first kappa shape index (κ1) is 21.2. The van der Waals surface area contributed by atoms with Crippen LogP contribution in [0.25, 0.3) is 0 Å². The van der Waals surface area contributed by atoms with E-state index in [1.807, 2.05) is 75.4 Å². The zero-order valence-electron chi connectivity index (χ0n) is 17.1. The average Bonchev–Trinajstić information content (AvgIpc) is 3.06. The molecule has 7 heteroatoms. The molecule has 0 saturated heterocycles. The molecule has 0 fully saturated rings. The second kappa shape index (κ2) is 8.88. The SMILES string of the molecule is Cc1cccc(CS(=O)(=O)c2nnc([C@@H](N)Cc3ccccc3)n2CC(C)C)c1. The predicted molar refractivity (Wildman–Crippen MR) is 114 cm³/mol. The number of hydrogen-bond donors (Lipinski definition) is 1. The molecule has 0 unspecified atom stereocenters. The first-order chi connectivity index (χ1) is 13.8. The maximum Gasteiger partial charge on any atom is 0.250 e. The molecule has 0 aliphatic heterocycles. The third kappa shape index (κ3) is 5.31. The highest BCUT2D eigenvalue weighted by molar-refractivity contribution is 7.90. The number of rotatable bonds is 8. The van der Waals surface area contributed by atoms with E-state index in [-0.39, 0.29) is 16.8 Å². The molecule has 0 saturated carbocycles. The maximum atomic E-state index is 13.1. The molecule has 1 heterocycles. The minimum Gasteiger partial charge on any atom is -0.321 e. The summed E-state index contributed by atoms with van der Waals surface area (Å²) in [6.07, 6.45) is 0.564. The van der Waals surface area contributed by atoms with Crippen molar-refractivity contribution in [1.29, 1.82) is 0 Å². The number of sulfone groups is 1. The fourth-order valence-electron chi connectivity index (χ4n) is 3.39. The molecular weight excluding hydrogens is 384 g/mol. The van der Waals surface area contributed by atoms with Crippen LogP contribution in [0.15, 0.2) is 59.8 Å². The molecule has 3 rings (SSSR count). The Kier molecular flexibility index (Phi) is 6.49. The van der Waals surface area contributed by atoms with Crippen molar-refractivity contribution in [2.75, 3.05) is 0 Å². The molecule has 0 radical (unpaired) electrons. The van der Waals surface area contributed by atoms with Gasteiger partial charge in [0, 0.05) is 6.54 Å². The molecule has 0 spiro atoms. The predicted octanol–water partition coefficient (Wildman–Crippen LogP) is 3.46. The first-order valence-electron chi connectivity index (χ1n) is 9.77. The van der Waals surface area contributed by atoms with Crippen LogP contribution in [-0.2, 0) is 28.6 Å². The number of hydrogen-bond acceptors (Lipinski definition) is 5. The Morgan fingerprint density at radius 3 is 2.34 bits per heavy atom. The highest BCUT2D eigenvalue weighted by atomic mass is 32.2. The monoisotopic (exact) mass is 412 g/mol. The molecule has 3 aromatic rings. The summed E-state index contributed by atoms with van der Waals surface area (Å²) in [5.41, 5.74) is 9.24. The van der Waals surface area contributed by atoms with Gasteiger partial charge in [-0.3, -0.25) is 0 Å². The molecule has 2 aromatic carbocycles. The average molecular weight is 413 g/mol. The summed E-state index contributed by atoms with van der Waals surface area (Å²) in [6.45, 7) is 6.50. The molecule has 1 atom stereocenters. The number of nitrogens with two attached hydrogens (primary N) is 1. The fraction of sp³-hybridized carbons (Fsp3) is 0.364. The van der Waals surface area contributed by atoms with Crippen molar-refractivity contribution in [3.05, 3.63) is 77.1 Å². The van der Waals surface area contributed by atoms with Crippen LogP contribution in [0.1, 0.15) is 42.4 Å². The van der Waals surface area contributed by atoms with Crippen molar-refractivity contribution < 1.29 is 8.42 Å². The van der Waals surface area contributed by atoms with Gasteiger partial charge in [0.2, 0.25) is 15.0 Å². The van der Waals surface area contributed by atoms with Gasteiger partial charge in [-0.15, -0.1) is 10.2 Å². The third-order valence-electron chi connectivity index (χ3n) is 4.64. The molecule has 2 N–H and O–H groups in total. The largest absolute Gasteiger partial charge is 0.321 e. The molecule has 1 aromatic heterocycles. The molecule has 6 nitrogen and oxygen atoms in total. The summed E-state index contributed by atoms with van der Waals surface area (Å²) in [5, 5.41) is 8.26.